The van der Waals surface area contributed by atoms with Gasteiger partial charge in [-0.1, -0.05) is 29.4 Å². The molecule has 31 heavy (non-hydrogen) atoms. The summed E-state index contributed by atoms with van der Waals surface area (Å²) in [6.07, 6.45) is -2.91. The minimum absolute atomic E-state index is 0.133. The average molecular weight is 428 g/mol. The highest BCUT2D eigenvalue weighted by Gasteiger charge is 2.35. The summed E-state index contributed by atoms with van der Waals surface area (Å²) in [5.74, 6) is 1.22. The number of imidazole rings is 1. The maximum Gasteiger partial charge on any atom is 0.419 e. The van der Waals surface area contributed by atoms with E-state index in [9.17, 15) is 13.2 Å². The van der Waals surface area contributed by atoms with Crippen LogP contribution in [0.2, 0.25) is 0 Å². The van der Waals surface area contributed by atoms with Gasteiger partial charge in [-0.15, -0.1) is 0 Å². The summed E-state index contributed by atoms with van der Waals surface area (Å²) in [5, 5.41) is 7.30. The number of anilines is 1. The van der Waals surface area contributed by atoms with Gasteiger partial charge in [0.2, 0.25) is 0 Å². The molecule has 1 N–H and O–H groups in total. The molecule has 8 heteroatoms. The van der Waals surface area contributed by atoms with Crippen LogP contribution < -0.4 is 5.32 Å². The van der Waals surface area contributed by atoms with E-state index in [1.54, 1.807) is 6.20 Å². The van der Waals surface area contributed by atoms with Crippen LogP contribution in [0.15, 0.2) is 47.1 Å². The van der Waals surface area contributed by atoms with Crippen LogP contribution in [0.3, 0.4) is 0 Å². The molecule has 0 saturated carbocycles. The van der Waals surface area contributed by atoms with Crippen LogP contribution in [-0.2, 0) is 6.18 Å². The molecule has 0 bridgehead atoms. The molecule has 0 spiro atoms. The Hall–Kier alpha value is -3.29. The Morgan fingerprint density at radius 2 is 1.61 bits per heavy atom. The van der Waals surface area contributed by atoms with Gasteiger partial charge < -0.3 is 9.84 Å². The summed E-state index contributed by atoms with van der Waals surface area (Å²) < 4.78 is 47.5. The Morgan fingerprint density at radius 1 is 0.968 bits per heavy atom. The van der Waals surface area contributed by atoms with E-state index in [2.05, 4.69) is 15.5 Å². The minimum Gasteiger partial charge on any atom is -0.365 e. The van der Waals surface area contributed by atoms with Gasteiger partial charge in [-0.05, 0) is 52.3 Å². The van der Waals surface area contributed by atoms with Gasteiger partial charge in [-0.3, -0.25) is 4.40 Å². The third-order valence-electron chi connectivity index (χ3n) is 4.93. The zero-order valence-electron chi connectivity index (χ0n) is 17.9. The van der Waals surface area contributed by atoms with E-state index in [0.717, 1.165) is 22.9 Å². The van der Waals surface area contributed by atoms with Crippen LogP contribution >= 0.6 is 0 Å². The standard InChI is InChI=1S/C23H23F3N4O/c1-13-18(14(2)31-29-13)15-8-10-16(11-9-15)19-21(28-22(3,4)5)30-12-6-7-17(20(30)27-19)23(24,25)26/h6-12,28H,1-5H3. The molecule has 5 nitrogen and oxygen atoms in total. The molecule has 0 radical (unpaired) electrons. The molecule has 0 atom stereocenters. The summed E-state index contributed by atoms with van der Waals surface area (Å²) in [5.41, 5.74) is 2.49. The molecule has 3 aromatic heterocycles. The highest BCUT2D eigenvalue weighted by molar-refractivity contribution is 5.80. The second kappa shape index (κ2) is 7.14. The monoisotopic (exact) mass is 428 g/mol. The topological polar surface area (TPSA) is 55.4 Å². The van der Waals surface area contributed by atoms with Crippen LogP contribution in [0.4, 0.5) is 19.0 Å². The lowest BCUT2D eigenvalue weighted by atomic mass is 10.0. The fraction of sp³-hybridized carbons (Fsp3) is 0.304. The molecule has 4 rings (SSSR count). The molecule has 3 heterocycles. The molecule has 0 unspecified atom stereocenters. The number of halogens is 3. The normalized spacial score (nSPS) is 12.5. The number of hydrogen-bond donors (Lipinski definition) is 1. The van der Waals surface area contributed by atoms with E-state index in [-0.39, 0.29) is 11.2 Å². The van der Waals surface area contributed by atoms with Gasteiger partial charge in [-0.2, -0.15) is 13.2 Å². The summed E-state index contributed by atoms with van der Waals surface area (Å²) in [6.45, 7) is 9.56. The van der Waals surface area contributed by atoms with E-state index < -0.39 is 11.7 Å². The van der Waals surface area contributed by atoms with Crippen molar-refractivity contribution in [3.05, 3.63) is 59.6 Å². The van der Waals surface area contributed by atoms with Crippen molar-refractivity contribution in [2.75, 3.05) is 5.32 Å². The highest BCUT2D eigenvalue weighted by Crippen LogP contribution is 2.38. The number of rotatable bonds is 3. The van der Waals surface area contributed by atoms with Crippen LogP contribution in [-0.4, -0.2) is 20.1 Å². The van der Waals surface area contributed by atoms with E-state index in [1.165, 1.54) is 10.5 Å². The van der Waals surface area contributed by atoms with Crippen molar-refractivity contribution in [2.45, 2.75) is 46.3 Å². The molecule has 0 aliphatic heterocycles. The van der Waals surface area contributed by atoms with Gasteiger partial charge in [0, 0.05) is 22.9 Å². The first kappa shape index (κ1) is 21.0. The van der Waals surface area contributed by atoms with Crippen molar-refractivity contribution in [1.29, 1.82) is 0 Å². The number of aromatic nitrogens is 3. The van der Waals surface area contributed by atoms with Crippen molar-refractivity contribution in [3.8, 4) is 22.4 Å². The van der Waals surface area contributed by atoms with Crippen LogP contribution in [0, 0.1) is 13.8 Å². The fourth-order valence-corrected chi connectivity index (χ4v) is 3.65. The van der Waals surface area contributed by atoms with Gasteiger partial charge in [0.15, 0.2) is 5.65 Å². The van der Waals surface area contributed by atoms with Gasteiger partial charge in [0.1, 0.15) is 17.3 Å². The summed E-state index contributed by atoms with van der Waals surface area (Å²) in [7, 11) is 0. The first-order valence-electron chi connectivity index (χ1n) is 9.86. The SMILES string of the molecule is Cc1noc(C)c1-c1ccc(-c2nc3c(C(F)(F)F)cccn3c2NC(C)(C)C)cc1. The molecular formula is C23H23F3N4O. The van der Waals surface area contributed by atoms with E-state index in [1.807, 2.05) is 58.9 Å². The zero-order chi connectivity index (χ0) is 22.6. The third-order valence-corrected chi connectivity index (χ3v) is 4.93. The highest BCUT2D eigenvalue weighted by atomic mass is 19.4. The molecule has 4 aromatic rings. The van der Waals surface area contributed by atoms with E-state index in [4.69, 9.17) is 4.52 Å². The maximum absolute atomic E-state index is 13.6. The number of nitrogens with one attached hydrogen (secondary N) is 1. The number of benzene rings is 1. The molecular weight excluding hydrogens is 405 g/mol. The Balaban J connectivity index is 1.89. The number of nitrogens with zero attached hydrogens (tertiary/aromatic N) is 3. The van der Waals surface area contributed by atoms with Crippen molar-refractivity contribution >= 4 is 11.5 Å². The fourth-order valence-electron chi connectivity index (χ4n) is 3.65. The van der Waals surface area contributed by atoms with E-state index in [0.29, 0.717) is 22.8 Å². The molecule has 0 aliphatic rings. The summed E-state index contributed by atoms with van der Waals surface area (Å²) >= 11 is 0. The maximum atomic E-state index is 13.6. The molecule has 0 amide bonds. The van der Waals surface area contributed by atoms with Crippen molar-refractivity contribution in [3.63, 3.8) is 0 Å². The quantitative estimate of drug-likeness (QED) is 0.405. The van der Waals surface area contributed by atoms with Crippen LogP contribution in [0.5, 0.6) is 0 Å². The van der Waals surface area contributed by atoms with Crippen molar-refractivity contribution in [1.82, 2.24) is 14.5 Å². The number of hydrogen-bond acceptors (Lipinski definition) is 4. The van der Waals surface area contributed by atoms with Crippen molar-refractivity contribution < 1.29 is 17.7 Å². The molecule has 0 fully saturated rings. The number of fused-ring (bicyclic) bond motifs is 1. The number of alkyl halides is 3. The van der Waals surface area contributed by atoms with Gasteiger partial charge >= 0.3 is 6.18 Å². The summed E-state index contributed by atoms with van der Waals surface area (Å²) in [6, 6.07) is 9.94. The Morgan fingerprint density at radius 3 is 2.16 bits per heavy atom. The first-order chi connectivity index (χ1) is 14.5. The van der Waals surface area contributed by atoms with Crippen LogP contribution in [0.25, 0.3) is 28.0 Å². The largest absolute Gasteiger partial charge is 0.419 e. The molecule has 0 aliphatic carbocycles. The second-order valence-electron chi connectivity index (χ2n) is 8.57. The first-order valence-corrected chi connectivity index (χ1v) is 9.86. The Labute approximate surface area is 177 Å². The van der Waals surface area contributed by atoms with Gasteiger partial charge in [-0.25, -0.2) is 4.98 Å². The molecule has 0 saturated heterocycles. The predicted octanol–water partition coefficient (Wildman–Crippen LogP) is 6.50. The summed E-state index contributed by atoms with van der Waals surface area (Å²) in [4.78, 5) is 4.41. The smallest absolute Gasteiger partial charge is 0.365 e. The van der Waals surface area contributed by atoms with Crippen molar-refractivity contribution in [2.24, 2.45) is 0 Å². The van der Waals surface area contributed by atoms with E-state index >= 15 is 0 Å². The number of pyridine rings is 1. The number of aryl methyl sites for hydroxylation is 2. The Kier molecular flexibility index (Phi) is 4.83. The third kappa shape index (κ3) is 3.89. The zero-order valence-corrected chi connectivity index (χ0v) is 17.9. The predicted molar refractivity (Wildman–Crippen MR) is 114 cm³/mol. The van der Waals surface area contributed by atoms with Gasteiger partial charge in [0.25, 0.3) is 0 Å². The minimum atomic E-state index is -4.50. The molecule has 162 valence electrons. The molecule has 1 aromatic carbocycles. The average Bonchev–Trinajstić information content (AvgIpc) is 3.20. The second-order valence-corrected chi connectivity index (χ2v) is 8.57. The Bertz CT molecular complexity index is 1230. The lowest BCUT2D eigenvalue weighted by molar-refractivity contribution is -0.136. The lowest BCUT2D eigenvalue weighted by Gasteiger charge is -2.22. The lowest BCUT2D eigenvalue weighted by Crippen LogP contribution is -2.27. The van der Waals surface area contributed by atoms with Crippen LogP contribution in [0.1, 0.15) is 37.8 Å². The van der Waals surface area contributed by atoms with Gasteiger partial charge in [0.05, 0.1) is 11.3 Å².